The molecule has 2 aliphatic heterocycles. The number of hydrogen-bond acceptors (Lipinski definition) is 4. The molecule has 0 unspecified atom stereocenters. The van der Waals surface area contributed by atoms with Crippen molar-refractivity contribution in [3.05, 3.63) is 53.7 Å². The van der Waals surface area contributed by atoms with E-state index in [1.165, 1.54) is 11.8 Å². The van der Waals surface area contributed by atoms with Crippen LogP contribution in [0.1, 0.15) is 35.7 Å². The Hall–Kier alpha value is -2.34. The molecule has 140 valence electrons. The van der Waals surface area contributed by atoms with Crippen molar-refractivity contribution in [3.8, 4) is 0 Å². The van der Waals surface area contributed by atoms with Crippen molar-refractivity contribution < 1.29 is 9.59 Å². The van der Waals surface area contributed by atoms with E-state index in [0.29, 0.717) is 18.2 Å². The van der Waals surface area contributed by atoms with Crippen LogP contribution in [0.5, 0.6) is 0 Å². The number of anilines is 1. The lowest BCUT2D eigenvalue weighted by atomic mass is 9.98. The normalized spacial score (nSPS) is 17.7. The average molecular weight is 382 g/mol. The van der Waals surface area contributed by atoms with Crippen LogP contribution in [0, 0.1) is 5.92 Å². The molecular weight excluding hydrogens is 358 g/mol. The van der Waals surface area contributed by atoms with Crippen molar-refractivity contribution >= 4 is 29.3 Å². The number of benzene rings is 1. The van der Waals surface area contributed by atoms with E-state index in [0.717, 1.165) is 47.8 Å². The number of hydrogen-bond donors (Lipinski definition) is 0. The van der Waals surface area contributed by atoms with Gasteiger partial charge in [0.1, 0.15) is 5.03 Å². The van der Waals surface area contributed by atoms with Gasteiger partial charge in [-0.1, -0.05) is 30.8 Å². The highest BCUT2D eigenvalue weighted by molar-refractivity contribution is 8.00. The maximum Gasteiger partial charge on any atom is 0.253 e. The summed E-state index contributed by atoms with van der Waals surface area (Å²) >= 11 is 1.48. The maximum atomic E-state index is 12.7. The van der Waals surface area contributed by atoms with E-state index in [2.05, 4.69) is 11.9 Å². The average Bonchev–Trinajstić information content (AvgIpc) is 2.71. The minimum Gasteiger partial charge on any atom is -0.339 e. The number of thioether (sulfide) groups is 1. The van der Waals surface area contributed by atoms with E-state index in [1.807, 2.05) is 41.3 Å². The fourth-order valence-electron chi connectivity index (χ4n) is 3.54. The first kappa shape index (κ1) is 18.0. The lowest BCUT2D eigenvalue weighted by molar-refractivity contribution is -0.116. The highest BCUT2D eigenvalue weighted by Gasteiger charge is 2.26. The van der Waals surface area contributed by atoms with Crippen molar-refractivity contribution in [2.75, 3.05) is 23.7 Å². The second kappa shape index (κ2) is 7.72. The summed E-state index contributed by atoms with van der Waals surface area (Å²) in [6, 6.07) is 11.4. The van der Waals surface area contributed by atoms with Gasteiger partial charge in [0.15, 0.2) is 0 Å². The standard InChI is InChI=1S/C21H23N3O2S/c1-15-8-11-23(12-9-15)21(26)17-6-4-16(5-7-17)13-24-18-3-2-10-22-20(18)27-14-19(24)25/h2-7,10,15H,8-9,11-14H2,1H3. The number of carbonyl (C=O) groups is 2. The SMILES string of the molecule is CC1CCN(C(=O)c2ccc(CN3C(=O)CSc4ncccc43)cc2)CC1. The molecule has 0 aliphatic carbocycles. The summed E-state index contributed by atoms with van der Waals surface area (Å²) in [5.41, 5.74) is 2.59. The summed E-state index contributed by atoms with van der Waals surface area (Å²) in [4.78, 5) is 33.1. The van der Waals surface area contributed by atoms with Crippen LogP contribution in [0.2, 0.25) is 0 Å². The van der Waals surface area contributed by atoms with Crippen molar-refractivity contribution in [3.63, 3.8) is 0 Å². The van der Waals surface area contributed by atoms with Crippen LogP contribution in [0.4, 0.5) is 5.69 Å². The van der Waals surface area contributed by atoms with Gasteiger partial charge in [-0.05, 0) is 48.6 Å². The number of piperidine rings is 1. The van der Waals surface area contributed by atoms with Crippen LogP contribution in [-0.4, -0.2) is 40.5 Å². The molecule has 0 N–H and O–H groups in total. The molecule has 4 rings (SSSR count). The summed E-state index contributed by atoms with van der Waals surface area (Å²) in [6.07, 6.45) is 3.90. The quantitative estimate of drug-likeness (QED) is 0.815. The molecular formula is C21H23N3O2S. The molecule has 27 heavy (non-hydrogen) atoms. The number of aromatic nitrogens is 1. The van der Waals surface area contributed by atoms with Crippen molar-refractivity contribution in [1.29, 1.82) is 0 Å². The molecule has 2 aromatic rings. The Morgan fingerprint density at radius 3 is 2.67 bits per heavy atom. The summed E-state index contributed by atoms with van der Waals surface area (Å²) in [5, 5.41) is 0.892. The van der Waals surface area contributed by atoms with Gasteiger partial charge in [-0.15, -0.1) is 0 Å². The van der Waals surface area contributed by atoms with Gasteiger partial charge in [-0.25, -0.2) is 4.98 Å². The molecule has 3 heterocycles. The minimum atomic E-state index is 0.0862. The first-order valence-electron chi connectivity index (χ1n) is 9.38. The predicted molar refractivity (Wildman–Crippen MR) is 107 cm³/mol. The Morgan fingerprint density at radius 1 is 1.19 bits per heavy atom. The van der Waals surface area contributed by atoms with E-state index in [4.69, 9.17) is 0 Å². The lowest BCUT2D eigenvalue weighted by Gasteiger charge is -2.30. The third-order valence-corrected chi connectivity index (χ3v) is 6.27. The van der Waals surface area contributed by atoms with E-state index in [1.54, 1.807) is 11.1 Å². The van der Waals surface area contributed by atoms with E-state index >= 15 is 0 Å². The number of pyridine rings is 1. The Balaban J connectivity index is 1.47. The van der Waals surface area contributed by atoms with Gasteiger partial charge in [0, 0.05) is 24.8 Å². The second-order valence-corrected chi connectivity index (χ2v) is 8.23. The third-order valence-electron chi connectivity index (χ3n) is 5.29. The number of amides is 2. The Morgan fingerprint density at radius 2 is 1.93 bits per heavy atom. The predicted octanol–water partition coefficient (Wildman–Crippen LogP) is 3.59. The molecule has 6 heteroatoms. The summed E-state index contributed by atoms with van der Waals surface area (Å²) in [6.45, 7) is 4.41. The molecule has 5 nitrogen and oxygen atoms in total. The fraction of sp³-hybridized carbons (Fsp3) is 0.381. The van der Waals surface area contributed by atoms with Gasteiger partial charge >= 0.3 is 0 Å². The summed E-state index contributed by atoms with van der Waals surface area (Å²) in [7, 11) is 0. The molecule has 0 saturated carbocycles. The van der Waals surface area contributed by atoms with Crippen LogP contribution < -0.4 is 4.90 Å². The molecule has 0 radical (unpaired) electrons. The van der Waals surface area contributed by atoms with Gasteiger partial charge in [0.2, 0.25) is 5.91 Å². The van der Waals surface area contributed by atoms with Gasteiger partial charge < -0.3 is 9.80 Å². The van der Waals surface area contributed by atoms with Crippen LogP contribution in [0.3, 0.4) is 0 Å². The maximum absolute atomic E-state index is 12.7. The number of likely N-dealkylation sites (tertiary alicyclic amines) is 1. The fourth-order valence-corrected chi connectivity index (χ4v) is 4.42. The van der Waals surface area contributed by atoms with E-state index in [9.17, 15) is 9.59 Å². The van der Waals surface area contributed by atoms with Crippen molar-refractivity contribution in [2.24, 2.45) is 5.92 Å². The zero-order chi connectivity index (χ0) is 18.8. The van der Waals surface area contributed by atoms with Crippen molar-refractivity contribution in [2.45, 2.75) is 31.3 Å². The topological polar surface area (TPSA) is 53.5 Å². The minimum absolute atomic E-state index is 0.0862. The number of rotatable bonds is 3. The van der Waals surface area contributed by atoms with Crippen LogP contribution in [0.15, 0.2) is 47.6 Å². The molecule has 0 atom stereocenters. The van der Waals surface area contributed by atoms with Crippen LogP contribution >= 0.6 is 11.8 Å². The Kier molecular flexibility index (Phi) is 5.16. The van der Waals surface area contributed by atoms with Gasteiger partial charge in [0.25, 0.3) is 5.91 Å². The molecule has 1 aromatic heterocycles. The number of fused-ring (bicyclic) bond motifs is 1. The summed E-state index contributed by atoms with van der Waals surface area (Å²) in [5.74, 6) is 1.30. The zero-order valence-electron chi connectivity index (χ0n) is 15.4. The molecule has 1 fully saturated rings. The first-order chi connectivity index (χ1) is 13.1. The highest BCUT2D eigenvalue weighted by Crippen LogP contribution is 2.34. The number of carbonyl (C=O) groups excluding carboxylic acids is 2. The zero-order valence-corrected chi connectivity index (χ0v) is 16.2. The van der Waals surface area contributed by atoms with Gasteiger partial charge in [0.05, 0.1) is 18.0 Å². The molecule has 1 aromatic carbocycles. The van der Waals surface area contributed by atoms with Crippen LogP contribution in [0.25, 0.3) is 0 Å². The van der Waals surface area contributed by atoms with Crippen LogP contribution in [-0.2, 0) is 11.3 Å². The van der Waals surface area contributed by atoms with E-state index in [-0.39, 0.29) is 11.8 Å². The number of nitrogens with zero attached hydrogens (tertiary/aromatic N) is 3. The highest BCUT2D eigenvalue weighted by atomic mass is 32.2. The molecule has 2 amide bonds. The largest absolute Gasteiger partial charge is 0.339 e. The molecule has 2 aliphatic rings. The monoisotopic (exact) mass is 381 g/mol. The van der Waals surface area contributed by atoms with Gasteiger partial charge in [-0.3, -0.25) is 9.59 Å². The summed E-state index contributed by atoms with van der Waals surface area (Å²) < 4.78 is 0. The Bertz CT molecular complexity index is 845. The molecule has 0 bridgehead atoms. The third kappa shape index (κ3) is 3.86. The Labute approximate surface area is 163 Å². The lowest BCUT2D eigenvalue weighted by Crippen LogP contribution is -2.38. The molecule has 1 saturated heterocycles. The molecule has 0 spiro atoms. The smallest absolute Gasteiger partial charge is 0.253 e. The second-order valence-electron chi connectivity index (χ2n) is 7.27. The first-order valence-corrected chi connectivity index (χ1v) is 10.4. The van der Waals surface area contributed by atoms with E-state index < -0.39 is 0 Å². The van der Waals surface area contributed by atoms with Gasteiger partial charge in [-0.2, -0.15) is 0 Å². The van der Waals surface area contributed by atoms with Crippen molar-refractivity contribution in [1.82, 2.24) is 9.88 Å².